The zero-order valence-corrected chi connectivity index (χ0v) is 13.8. The summed E-state index contributed by atoms with van der Waals surface area (Å²) in [6.07, 6.45) is 7.66. The second-order valence-corrected chi connectivity index (χ2v) is 7.07. The first-order chi connectivity index (χ1) is 10.7. The molecule has 1 aromatic carbocycles. The van der Waals surface area contributed by atoms with Crippen molar-refractivity contribution >= 4 is 0 Å². The molecule has 2 atom stereocenters. The minimum atomic E-state index is 0.277. The number of ether oxygens (including phenoxy) is 1. The zero-order chi connectivity index (χ0) is 15.4. The van der Waals surface area contributed by atoms with Crippen LogP contribution in [0.2, 0.25) is 0 Å². The van der Waals surface area contributed by atoms with E-state index in [0.717, 1.165) is 25.5 Å². The molecule has 0 spiro atoms. The predicted octanol–water partition coefficient (Wildman–Crippen LogP) is 3.15. The van der Waals surface area contributed by atoms with Crippen LogP contribution in [-0.2, 0) is 4.74 Å². The van der Waals surface area contributed by atoms with Crippen LogP contribution < -0.4 is 5.73 Å². The number of likely N-dealkylation sites (tertiary alicyclic amines) is 1. The van der Waals surface area contributed by atoms with E-state index in [1.807, 2.05) is 0 Å². The Labute approximate surface area is 134 Å². The van der Waals surface area contributed by atoms with Crippen molar-refractivity contribution in [3.05, 3.63) is 35.9 Å². The molecule has 3 rings (SSSR count). The van der Waals surface area contributed by atoms with Gasteiger partial charge in [0.25, 0.3) is 0 Å². The number of hydrogen-bond acceptors (Lipinski definition) is 3. The normalized spacial score (nSPS) is 33.7. The number of nitrogens with two attached hydrogens (primary N) is 1. The van der Waals surface area contributed by atoms with Crippen molar-refractivity contribution in [2.75, 3.05) is 20.2 Å². The Morgan fingerprint density at radius 3 is 2.50 bits per heavy atom. The smallest absolute Gasteiger partial charge is 0.0640 e. The Hall–Kier alpha value is -0.900. The molecule has 2 aliphatic rings. The first-order valence-corrected chi connectivity index (χ1v) is 8.86. The molecule has 0 aromatic heterocycles. The molecule has 1 saturated heterocycles. The third kappa shape index (κ3) is 3.89. The number of hydrogen-bond donors (Lipinski definition) is 1. The van der Waals surface area contributed by atoms with Crippen LogP contribution in [0.1, 0.15) is 50.0 Å². The van der Waals surface area contributed by atoms with Crippen LogP contribution in [0.4, 0.5) is 0 Å². The highest BCUT2D eigenvalue weighted by atomic mass is 16.5. The molecular weight excluding hydrogens is 272 g/mol. The van der Waals surface area contributed by atoms with E-state index < -0.39 is 0 Å². The average Bonchev–Trinajstić information content (AvgIpc) is 2.56. The summed E-state index contributed by atoms with van der Waals surface area (Å²) >= 11 is 0. The number of likely N-dealkylation sites (N-methyl/N-ethyl adjacent to an activating group) is 1. The van der Waals surface area contributed by atoms with Gasteiger partial charge in [0.2, 0.25) is 0 Å². The second-order valence-electron chi connectivity index (χ2n) is 7.07. The molecule has 3 nitrogen and oxygen atoms in total. The Morgan fingerprint density at radius 2 is 1.82 bits per heavy atom. The zero-order valence-electron chi connectivity index (χ0n) is 13.8. The molecule has 0 bridgehead atoms. The number of piperidine rings is 1. The van der Waals surface area contributed by atoms with E-state index in [2.05, 4.69) is 42.3 Å². The minimum absolute atomic E-state index is 0.277. The summed E-state index contributed by atoms with van der Waals surface area (Å²) in [6.45, 7) is 1.96. The van der Waals surface area contributed by atoms with Crippen molar-refractivity contribution in [2.24, 2.45) is 5.73 Å². The van der Waals surface area contributed by atoms with Gasteiger partial charge < -0.3 is 10.5 Å². The van der Waals surface area contributed by atoms with Gasteiger partial charge in [0.1, 0.15) is 0 Å². The lowest BCUT2D eigenvalue weighted by molar-refractivity contribution is -0.0193. The minimum Gasteiger partial charge on any atom is -0.377 e. The molecule has 2 unspecified atom stereocenters. The molecule has 0 radical (unpaired) electrons. The Morgan fingerprint density at radius 1 is 1.09 bits per heavy atom. The lowest BCUT2D eigenvalue weighted by Crippen LogP contribution is -2.53. The van der Waals surface area contributed by atoms with E-state index in [1.54, 1.807) is 0 Å². The van der Waals surface area contributed by atoms with E-state index >= 15 is 0 Å². The van der Waals surface area contributed by atoms with Gasteiger partial charge in [-0.1, -0.05) is 30.3 Å². The molecule has 1 aliphatic heterocycles. The largest absolute Gasteiger partial charge is 0.377 e. The molecule has 0 amide bonds. The second kappa shape index (κ2) is 7.58. The SMILES string of the molecule is CN1CCCC(N)C1COC1CCC(c2ccccc2)CC1. The highest BCUT2D eigenvalue weighted by Gasteiger charge is 2.29. The monoisotopic (exact) mass is 302 g/mol. The van der Waals surface area contributed by atoms with Gasteiger partial charge in [-0.05, 0) is 63.6 Å². The molecular formula is C19H30N2O. The fraction of sp³-hybridized carbons (Fsp3) is 0.684. The van der Waals surface area contributed by atoms with Crippen LogP contribution in [0, 0.1) is 0 Å². The topological polar surface area (TPSA) is 38.5 Å². The summed E-state index contributed by atoms with van der Waals surface area (Å²) in [5.74, 6) is 0.723. The summed E-state index contributed by atoms with van der Waals surface area (Å²) in [7, 11) is 2.18. The maximum atomic E-state index is 6.26. The average molecular weight is 302 g/mol. The Bertz CT molecular complexity index is 432. The first-order valence-electron chi connectivity index (χ1n) is 8.86. The fourth-order valence-electron chi connectivity index (χ4n) is 4.04. The van der Waals surface area contributed by atoms with Crippen molar-refractivity contribution in [3.63, 3.8) is 0 Å². The number of nitrogens with zero attached hydrogens (tertiary/aromatic N) is 1. The van der Waals surface area contributed by atoms with Crippen LogP contribution in [0.3, 0.4) is 0 Å². The van der Waals surface area contributed by atoms with Crippen molar-refractivity contribution in [1.29, 1.82) is 0 Å². The van der Waals surface area contributed by atoms with Crippen LogP contribution in [0.15, 0.2) is 30.3 Å². The molecule has 1 aliphatic carbocycles. The van der Waals surface area contributed by atoms with E-state index in [4.69, 9.17) is 10.5 Å². The van der Waals surface area contributed by atoms with E-state index in [9.17, 15) is 0 Å². The Kier molecular flexibility index (Phi) is 5.51. The lowest BCUT2D eigenvalue weighted by atomic mass is 9.83. The van der Waals surface area contributed by atoms with Crippen molar-refractivity contribution in [2.45, 2.75) is 62.6 Å². The van der Waals surface area contributed by atoms with Crippen molar-refractivity contribution < 1.29 is 4.74 Å². The molecule has 122 valence electrons. The summed E-state index contributed by atoms with van der Waals surface area (Å²) in [4.78, 5) is 2.38. The van der Waals surface area contributed by atoms with Gasteiger partial charge in [0, 0.05) is 12.1 Å². The summed E-state index contributed by atoms with van der Waals surface area (Å²) < 4.78 is 6.23. The van der Waals surface area contributed by atoms with Crippen LogP contribution in [0.5, 0.6) is 0 Å². The van der Waals surface area contributed by atoms with Gasteiger partial charge in [-0.15, -0.1) is 0 Å². The van der Waals surface area contributed by atoms with Crippen molar-refractivity contribution in [1.82, 2.24) is 4.90 Å². The quantitative estimate of drug-likeness (QED) is 0.928. The first kappa shape index (κ1) is 16.0. The van der Waals surface area contributed by atoms with E-state index in [0.29, 0.717) is 12.1 Å². The maximum absolute atomic E-state index is 6.26. The van der Waals surface area contributed by atoms with Crippen LogP contribution in [-0.4, -0.2) is 43.3 Å². The highest BCUT2D eigenvalue weighted by Crippen LogP contribution is 2.34. The summed E-state index contributed by atoms with van der Waals surface area (Å²) in [5, 5.41) is 0. The standard InChI is InChI=1S/C19H30N2O/c1-21-13-5-8-18(20)19(21)14-22-17-11-9-16(10-12-17)15-6-3-2-4-7-15/h2-4,6-7,16-19H,5,8-14,20H2,1H3. The van der Waals surface area contributed by atoms with Crippen molar-refractivity contribution in [3.8, 4) is 0 Å². The molecule has 22 heavy (non-hydrogen) atoms. The van der Waals surface area contributed by atoms with Gasteiger partial charge in [0.15, 0.2) is 0 Å². The molecule has 1 saturated carbocycles. The third-order valence-corrected chi connectivity index (χ3v) is 5.56. The van der Waals surface area contributed by atoms with Gasteiger partial charge >= 0.3 is 0 Å². The van der Waals surface area contributed by atoms with Gasteiger partial charge in [-0.3, -0.25) is 4.90 Å². The van der Waals surface area contributed by atoms with Gasteiger partial charge in [0.05, 0.1) is 12.7 Å². The molecule has 2 fully saturated rings. The number of rotatable bonds is 4. The van der Waals surface area contributed by atoms with E-state index in [-0.39, 0.29) is 6.04 Å². The summed E-state index contributed by atoms with van der Waals surface area (Å²) in [5.41, 5.74) is 7.76. The summed E-state index contributed by atoms with van der Waals surface area (Å²) in [6, 6.07) is 11.6. The van der Waals surface area contributed by atoms with Crippen LogP contribution >= 0.6 is 0 Å². The third-order valence-electron chi connectivity index (χ3n) is 5.56. The van der Waals surface area contributed by atoms with E-state index in [1.165, 1.54) is 37.7 Å². The van der Waals surface area contributed by atoms with Gasteiger partial charge in [-0.25, -0.2) is 0 Å². The maximum Gasteiger partial charge on any atom is 0.0640 e. The number of benzene rings is 1. The predicted molar refractivity (Wildman–Crippen MR) is 91.0 cm³/mol. The molecule has 1 heterocycles. The van der Waals surface area contributed by atoms with Crippen LogP contribution in [0.25, 0.3) is 0 Å². The molecule has 2 N–H and O–H groups in total. The lowest BCUT2D eigenvalue weighted by Gasteiger charge is -2.38. The highest BCUT2D eigenvalue weighted by molar-refractivity contribution is 5.19. The van der Waals surface area contributed by atoms with Gasteiger partial charge in [-0.2, -0.15) is 0 Å². The Balaban J connectivity index is 1.44. The fourth-order valence-corrected chi connectivity index (χ4v) is 4.04. The molecule has 1 aromatic rings. The molecule has 3 heteroatoms.